The summed E-state index contributed by atoms with van der Waals surface area (Å²) in [6, 6.07) is 38.1. The Balaban J connectivity index is 1.47. The average molecular weight is 425 g/mol. The first-order chi connectivity index (χ1) is 15.4. The summed E-state index contributed by atoms with van der Waals surface area (Å²) in [4.78, 5) is 6.74. The van der Waals surface area contributed by atoms with Gasteiger partial charge in [0.1, 0.15) is 0 Å². The van der Waals surface area contributed by atoms with E-state index in [0.29, 0.717) is 6.04 Å². The van der Waals surface area contributed by atoms with Crippen LogP contribution < -0.4 is 0 Å². The van der Waals surface area contributed by atoms with Gasteiger partial charge in [0.25, 0.3) is 0 Å². The van der Waals surface area contributed by atoms with E-state index in [1.54, 1.807) is 0 Å². The molecular weight excluding hydrogens is 396 g/mol. The minimum absolute atomic E-state index is 0.268. The second-order valence-electron chi connectivity index (χ2n) is 8.22. The molecular formula is C28H28N2S. The van der Waals surface area contributed by atoms with Crippen LogP contribution in [0.3, 0.4) is 0 Å². The lowest BCUT2D eigenvalue weighted by Crippen LogP contribution is -2.47. The summed E-state index contributed by atoms with van der Waals surface area (Å²) in [6.07, 6.45) is 1.13. The van der Waals surface area contributed by atoms with Gasteiger partial charge in [-0.05, 0) is 34.6 Å². The Labute approximate surface area is 189 Å². The van der Waals surface area contributed by atoms with E-state index in [-0.39, 0.29) is 6.04 Å². The maximum Gasteiger partial charge on any atom is 0.0613 e. The van der Waals surface area contributed by atoms with Crippen molar-refractivity contribution in [1.82, 2.24) is 9.80 Å². The fourth-order valence-electron chi connectivity index (χ4n) is 4.78. The zero-order valence-corrected chi connectivity index (χ0v) is 18.5. The fourth-order valence-corrected chi connectivity index (χ4v) is 5.51. The number of nitrogens with zero attached hydrogens (tertiary/aromatic N) is 2. The number of rotatable bonds is 6. The van der Waals surface area contributed by atoms with Crippen molar-refractivity contribution in [2.75, 3.05) is 13.2 Å². The number of hydrogen-bond donors (Lipinski definition) is 0. The Bertz CT molecular complexity index is 1010. The third-order valence-electron chi connectivity index (χ3n) is 6.21. The topological polar surface area (TPSA) is 6.48 Å². The molecule has 1 atom stereocenters. The SMILES string of the molecule is c1ccc(C2CCN(C(c3ccccc3)c3ccccc3)CN2Cc2cccs2)cc1. The number of thiophene rings is 1. The van der Waals surface area contributed by atoms with Gasteiger partial charge >= 0.3 is 0 Å². The minimum atomic E-state index is 0.268. The molecule has 31 heavy (non-hydrogen) atoms. The van der Waals surface area contributed by atoms with Crippen LogP contribution in [0.2, 0.25) is 0 Å². The molecule has 0 radical (unpaired) electrons. The van der Waals surface area contributed by atoms with Crippen LogP contribution in [0, 0.1) is 0 Å². The lowest BCUT2D eigenvalue weighted by atomic mass is 9.94. The normalized spacial score (nSPS) is 17.8. The van der Waals surface area contributed by atoms with Crippen molar-refractivity contribution in [2.45, 2.75) is 25.0 Å². The Morgan fingerprint density at radius 2 is 1.35 bits per heavy atom. The molecule has 2 heterocycles. The molecule has 1 aliphatic heterocycles. The van der Waals surface area contributed by atoms with E-state index in [1.165, 1.54) is 21.6 Å². The van der Waals surface area contributed by atoms with E-state index in [2.05, 4.69) is 118 Å². The smallest absolute Gasteiger partial charge is 0.0613 e. The van der Waals surface area contributed by atoms with Crippen molar-refractivity contribution in [2.24, 2.45) is 0 Å². The van der Waals surface area contributed by atoms with Crippen molar-refractivity contribution >= 4 is 11.3 Å². The van der Waals surface area contributed by atoms with Crippen LogP contribution in [-0.2, 0) is 6.54 Å². The van der Waals surface area contributed by atoms with Crippen molar-refractivity contribution in [3.05, 3.63) is 130 Å². The molecule has 0 saturated carbocycles. The first kappa shape index (κ1) is 20.2. The Hall–Kier alpha value is -2.72. The molecule has 4 aromatic rings. The molecule has 1 unspecified atom stereocenters. The highest BCUT2D eigenvalue weighted by atomic mass is 32.1. The molecule has 1 aliphatic rings. The highest BCUT2D eigenvalue weighted by molar-refractivity contribution is 7.09. The Morgan fingerprint density at radius 1 is 0.742 bits per heavy atom. The van der Waals surface area contributed by atoms with Gasteiger partial charge in [0, 0.05) is 24.0 Å². The minimum Gasteiger partial charge on any atom is -0.279 e. The molecule has 0 amide bonds. The Morgan fingerprint density at radius 3 is 1.94 bits per heavy atom. The summed E-state index contributed by atoms with van der Waals surface area (Å²) in [5.74, 6) is 0. The van der Waals surface area contributed by atoms with E-state index in [4.69, 9.17) is 0 Å². The maximum absolute atomic E-state index is 2.66. The molecule has 3 heteroatoms. The second-order valence-corrected chi connectivity index (χ2v) is 9.25. The molecule has 3 aromatic carbocycles. The third kappa shape index (κ3) is 4.64. The van der Waals surface area contributed by atoms with Crippen LogP contribution in [0.15, 0.2) is 109 Å². The van der Waals surface area contributed by atoms with Crippen molar-refractivity contribution in [1.29, 1.82) is 0 Å². The lowest BCUT2D eigenvalue weighted by Gasteiger charge is -2.45. The summed E-state index contributed by atoms with van der Waals surface area (Å²) in [6.45, 7) is 3.02. The summed E-state index contributed by atoms with van der Waals surface area (Å²) in [5.41, 5.74) is 4.15. The van der Waals surface area contributed by atoms with Crippen molar-refractivity contribution in [3.63, 3.8) is 0 Å². The van der Waals surface area contributed by atoms with Gasteiger partial charge in [0.05, 0.1) is 12.7 Å². The summed E-state index contributed by atoms with van der Waals surface area (Å²) in [7, 11) is 0. The molecule has 0 N–H and O–H groups in total. The van der Waals surface area contributed by atoms with Gasteiger partial charge in [-0.2, -0.15) is 0 Å². The van der Waals surface area contributed by atoms with Crippen LogP contribution in [0.25, 0.3) is 0 Å². The first-order valence-electron chi connectivity index (χ1n) is 11.0. The van der Waals surface area contributed by atoms with Crippen LogP contribution in [0.4, 0.5) is 0 Å². The summed E-state index contributed by atoms with van der Waals surface area (Å²) in [5, 5.41) is 2.19. The second kappa shape index (κ2) is 9.61. The van der Waals surface area contributed by atoms with Crippen LogP contribution in [0.1, 0.15) is 40.1 Å². The predicted octanol–water partition coefficient (Wildman–Crippen LogP) is 6.74. The Kier molecular flexibility index (Phi) is 6.26. The molecule has 0 aliphatic carbocycles. The molecule has 5 rings (SSSR count). The molecule has 156 valence electrons. The third-order valence-corrected chi connectivity index (χ3v) is 7.07. The van der Waals surface area contributed by atoms with Gasteiger partial charge in [-0.1, -0.05) is 97.1 Å². The quantitative estimate of drug-likeness (QED) is 0.338. The number of benzene rings is 3. The highest BCUT2D eigenvalue weighted by Crippen LogP contribution is 2.36. The molecule has 1 fully saturated rings. The molecule has 1 saturated heterocycles. The van der Waals surface area contributed by atoms with Crippen molar-refractivity contribution < 1.29 is 0 Å². The van der Waals surface area contributed by atoms with E-state index >= 15 is 0 Å². The van der Waals surface area contributed by atoms with Gasteiger partial charge < -0.3 is 0 Å². The van der Waals surface area contributed by atoms with E-state index in [1.807, 2.05) is 11.3 Å². The largest absolute Gasteiger partial charge is 0.279 e. The van der Waals surface area contributed by atoms with Gasteiger partial charge in [0.2, 0.25) is 0 Å². The monoisotopic (exact) mass is 424 g/mol. The zero-order chi connectivity index (χ0) is 20.9. The predicted molar refractivity (Wildman–Crippen MR) is 130 cm³/mol. The molecule has 2 nitrogen and oxygen atoms in total. The molecule has 0 spiro atoms. The van der Waals surface area contributed by atoms with E-state index < -0.39 is 0 Å². The van der Waals surface area contributed by atoms with Gasteiger partial charge in [-0.15, -0.1) is 11.3 Å². The van der Waals surface area contributed by atoms with Crippen LogP contribution >= 0.6 is 11.3 Å². The van der Waals surface area contributed by atoms with Crippen LogP contribution in [0.5, 0.6) is 0 Å². The summed E-state index contributed by atoms with van der Waals surface area (Å²) < 4.78 is 0. The first-order valence-corrected chi connectivity index (χ1v) is 11.9. The van der Waals surface area contributed by atoms with Gasteiger partial charge in [-0.25, -0.2) is 0 Å². The van der Waals surface area contributed by atoms with E-state index in [9.17, 15) is 0 Å². The van der Waals surface area contributed by atoms with Crippen LogP contribution in [-0.4, -0.2) is 23.0 Å². The standard InChI is InChI=1S/C28H28N2S/c1-4-11-23(12-5-1)27-18-19-29(22-30(27)21-26-17-10-20-31-26)28(24-13-6-2-7-14-24)25-15-8-3-9-16-25/h1-17,20,27-28H,18-19,21-22H2. The zero-order valence-electron chi connectivity index (χ0n) is 17.7. The highest BCUT2D eigenvalue weighted by Gasteiger charge is 2.32. The lowest BCUT2D eigenvalue weighted by molar-refractivity contribution is 0.0151. The van der Waals surface area contributed by atoms with E-state index in [0.717, 1.165) is 26.2 Å². The van der Waals surface area contributed by atoms with Gasteiger partial charge in [-0.3, -0.25) is 9.80 Å². The molecule has 1 aromatic heterocycles. The summed E-state index contributed by atoms with van der Waals surface area (Å²) >= 11 is 1.86. The fraction of sp³-hybridized carbons (Fsp3) is 0.214. The average Bonchev–Trinajstić information content (AvgIpc) is 3.35. The maximum atomic E-state index is 2.66. The van der Waals surface area contributed by atoms with Gasteiger partial charge in [0.15, 0.2) is 0 Å². The van der Waals surface area contributed by atoms with Crippen molar-refractivity contribution in [3.8, 4) is 0 Å². The number of hydrogen-bond acceptors (Lipinski definition) is 3. The molecule has 0 bridgehead atoms.